The van der Waals surface area contributed by atoms with E-state index >= 15 is 0 Å². The van der Waals surface area contributed by atoms with E-state index in [0.29, 0.717) is 18.6 Å². The fraction of sp³-hybridized carbons (Fsp3) is 0.294. The second-order valence-electron chi connectivity index (χ2n) is 5.50. The Kier molecular flexibility index (Phi) is 3.90. The number of aliphatic carboxylic acids is 1. The van der Waals surface area contributed by atoms with Crippen LogP contribution in [0.2, 0.25) is 0 Å². The quantitative estimate of drug-likeness (QED) is 0.944. The summed E-state index contributed by atoms with van der Waals surface area (Å²) in [5, 5.41) is 9.26. The molecule has 0 spiro atoms. The minimum Gasteiger partial charge on any atom is -0.481 e. The number of carbonyl (C=O) groups is 1. The fourth-order valence-corrected chi connectivity index (χ4v) is 2.77. The topological polar surface area (TPSA) is 59.4 Å². The summed E-state index contributed by atoms with van der Waals surface area (Å²) in [5.41, 5.74) is 2.96. The van der Waals surface area contributed by atoms with Gasteiger partial charge in [-0.05, 0) is 42.7 Å². The van der Waals surface area contributed by atoms with Gasteiger partial charge in [0.15, 0.2) is 0 Å². The van der Waals surface area contributed by atoms with Crippen LogP contribution in [0.3, 0.4) is 0 Å². The van der Waals surface area contributed by atoms with E-state index in [1.165, 1.54) is 6.07 Å². The van der Waals surface area contributed by atoms with E-state index in [-0.39, 0.29) is 5.82 Å². The molecule has 1 aliphatic heterocycles. The molecule has 3 rings (SSSR count). The highest BCUT2D eigenvalue weighted by molar-refractivity contribution is 5.72. The van der Waals surface area contributed by atoms with Crippen molar-refractivity contribution < 1.29 is 19.0 Å². The maximum absolute atomic E-state index is 13.4. The van der Waals surface area contributed by atoms with Gasteiger partial charge in [-0.15, -0.1) is 0 Å². The van der Waals surface area contributed by atoms with Gasteiger partial charge >= 0.3 is 5.97 Å². The Balaban J connectivity index is 1.95. The van der Waals surface area contributed by atoms with E-state index in [1.54, 1.807) is 31.5 Å². The number of hydrogen-bond donors (Lipinski definition) is 1. The van der Waals surface area contributed by atoms with Crippen molar-refractivity contribution in [2.24, 2.45) is 5.92 Å². The summed E-state index contributed by atoms with van der Waals surface area (Å²) in [6.45, 7) is 2.14. The van der Waals surface area contributed by atoms with E-state index in [2.05, 4.69) is 4.98 Å². The Bertz CT molecular complexity index is 717. The summed E-state index contributed by atoms with van der Waals surface area (Å²) in [6.07, 6.45) is 3.33. The van der Waals surface area contributed by atoms with Crippen molar-refractivity contribution in [2.45, 2.75) is 19.4 Å². The van der Waals surface area contributed by atoms with Crippen LogP contribution >= 0.6 is 0 Å². The van der Waals surface area contributed by atoms with Crippen LogP contribution in [-0.4, -0.2) is 22.7 Å². The van der Waals surface area contributed by atoms with Crippen molar-refractivity contribution >= 4 is 5.97 Å². The van der Waals surface area contributed by atoms with Crippen LogP contribution in [-0.2, 0) is 9.53 Å². The number of pyridine rings is 1. The van der Waals surface area contributed by atoms with Crippen LogP contribution in [0.1, 0.15) is 23.7 Å². The summed E-state index contributed by atoms with van der Waals surface area (Å²) in [4.78, 5) is 15.5. The zero-order valence-corrected chi connectivity index (χ0v) is 12.1. The molecule has 1 aliphatic rings. The van der Waals surface area contributed by atoms with Crippen LogP contribution in [0.25, 0.3) is 11.1 Å². The van der Waals surface area contributed by atoms with Crippen LogP contribution in [0.15, 0.2) is 36.7 Å². The SMILES string of the molecule is Cc1cc(-c2cncc([C@@H]3OCC[C@H]3C(=O)O)c2)ccc1F. The highest BCUT2D eigenvalue weighted by Gasteiger charge is 2.35. The fourth-order valence-electron chi connectivity index (χ4n) is 2.77. The number of ether oxygens (including phenoxy) is 1. The van der Waals surface area contributed by atoms with Crippen LogP contribution in [0.4, 0.5) is 4.39 Å². The Morgan fingerprint density at radius 1 is 1.32 bits per heavy atom. The van der Waals surface area contributed by atoms with Crippen LogP contribution in [0.5, 0.6) is 0 Å². The molecule has 0 unspecified atom stereocenters. The smallest absolute Gasteiger partial charge is 0.309 e. The third-order valence-electron chi connectivity index (χ3n) is 3.99. The first-order valence-electron chi connectivity index (χ1n) is 7.12. The summed E-state index contributed by atoms with van der Waals surface area (Å²) >= 11 is 0. The third kappa shape index (κ3) is 2.72. The van der Waals surface area contributed by atoms with Crippen molar-refractivity contribution in [3.05, 3.63) is 53.6 Å². The molecule has 5 heteroatoms. The Hall–Kier alpha value is -2.27. The van der Waals surface area contributed by atoms with Gasteiger partial charge in [-0.25, -0.2) is 4.39 Å². The number of aryl methyl sites for hydroxylation is 1. The van der Waals surface area contributed by atoms with Crippen molar-refractivity contribution in [3.8, 4) is 11.1 Å². The molecule has 0 amide bonds. The number of nitrogens with zero attached hydrogens (tertiary/aromatic N) is 1. The lowest BCUT2D eigenvalue weighted by Gasteiger charge is -2.16. The highest BCUT2D eigenvalue weighted by Crippen LogP contribution is 2.35. The molecule has 2 atom stereocenters. The number of carboxylic acids is 1. The number of hydrogen-bond acceptors (Lipinski definition) is 3. The number of aromatic nitrogens is 1. The number of benzene rings is 1. The van der Waals surface area contributed by atoms with Gasteiger partial charge < -0.3 is 9.84 Å². The highest BCUT2D eigenvalue weighted by atomic mass is 19.1. The number of halogens is 1. The van der Waals surface area contributed by atoms with Crippen LogP contribution < -0.4 is 0 Å². The second-order valence-corrected chi connectivity index (χ2v) is 5.50. The molecule has 2 heterocycles. The molecule has 1 aromatic carbocycles. The largest absolute Gasteiger partial charge is 0.481 e. The van der Waals surface area contributed by atoms with Gasteiger partial charge in [0.2, 0.25) is 0 Å². The van der Waals surface area contributed by atoms with E-state index in [4.69, 9.17) is 4.74 Å². The van der Waals surface area contributed by atoms with E-state index in [1.807, 2.05) is 6.07 Å². The van der Waals surface area contributed by atoms with Crippen molar-refractivity contribution in [1.82, 2.24) is 4.98 Å². The Labute approximate surface area is 127 Å². The molecule has 0 aliphatic carbocycles. The van der Waals surface area contributed by atoms with Gasteiger partial charge in [-0.3, -0.25) is 9.78 Å². The average Bonchev–Trinajstić information content (AvgIpc) is 3.00. The minimum absolute atomic E-state index is 0.252. The van der Waals surface area contributed by atoms with Gasteiger partial charge in [0.05, 0.1) is 12.0 Å². The van der Waals surface area contributed by atoms with Gasteiger partial charge in [0.1, 0.15) is 5.82 Å². The third-order valence-corrected chi connectivity index (χ3v) is 3.99. The first-order chi connectivity index (χ1) is 10.6. The predicted molar refractivity (Wildman–Crippen MR) is 78.8 cm³/mol. The first-order valence-corrected chi connectivity index (χ1v) is 7.12. The molecule has 114 valence electrons. The zero-order valence-electron chi connectivity index (χ0n) is 12.1. The molecule has 1 N–H and O–H groups in total. The van der Waals surface area contributed by atoms with Crippen LogP contribution in [0, 0.1) is 18.7 Å². The zero-order chi connectivity index (χ0) is 15.7. The Morgan fingerprint density at radius 2 is 2.14 bits per heavy atom. The van der Waals surface area contributed by atoms with Gasteiger partial charge in [-0.1, -0.05) is 6.07 Å². The molecular weight excluding hydrogens is 285 g/mol. The predicted octanol–water partition coefficient (Wildman–Crippen LogP) is 3.36. The maximum atomic E-state index is 13.4. The van der Waals surface area contributed by atoms with Gasteiger partial charge in [-0.2, -0.15) is 0 Å². The molecule has 1 fully saturated rings. The lowest BCUT2D eigenvalue weighted by molar-refractivity contribution is -0.143. The Morgan fingerprint density at radius 3 is 2.86 bits per heavy atom. The van der Waals surface area contributed by atoms with E-state index in [0.717, 1.165) is 16.7 Å². The molecule has 0 bridgehead atoms. The molecular formula is C17H16FNO3. The summed E-state index contributed by atoms with van der Waals surface area (Å²) in [5.74, 6) is -1.66. The molecule has 0 saturated carbocycles. The number of carboxylic acid groups (broad SMARTS) is 1. The van der Waals surface area contributed by atoms with E-state index < -0.39 is 18.0 Å². The van der Waals surface area contributed by atoms with Crippen molar-refractivity contribution in [1.29, 1.82) is 0 Å². The molecule has 1 saturated heterocycles. The summed E-state index contributed by atoms with van der Waals surface area (Å²) in [6, 6.07) is 6.72. The maximum Gasteiger partial charge on any atom is 0.309 e. The standard InChI is InChI=1S/C17H16FNO3/c1-10-6-11(2-3-15(10)18)12-7-13(9-19-8-12)16-14(17(20)21)4-5-22-16/h2-3,6-9,14,16H,4-5H2,1H3,(H,20,21)/t14-,16+/m1/s1. The average molecular weight is 301 g/mol. The molecule has 2 aromatic rings. The molecule has 22 heavy (non-hydrogen) atoms. The van der Waals surface area contributed by atoms with Gasteiger partial charge in [0, 0.05) is 30.1 Å². The first kappa shape index (κ1) is 14.7. The summed E-state index contributed by atoms with van der Waals surface area (Å²) in [7, 11) is 0. The van der Waals surface area contributed by atoms with Crippen molar-refractivity contribution in [3.63, 3.8) is 0 Å². The monoisotopic (exact) mass is 301 g/mol. The number of rotatable bonds is 3. The second kappa shape index (κ2) is 5.85. The lowest BCUT2D eigenvalue weighted by Crippen LogP contribution is -2.17. The minimum atomic E-state index is -0.856. The molecule has 1 aromatic heterocycles. The molecule has 4 nitrogen and oxygen atoms in total. The molecule has 0 radical (unpaired) electrons. The van der Waals surface area contributed by atoms with E-state index in [9.17, 15) is 14.3 Å². The lowest BCUT2D eigenvalue weighted by atomic mass is 9.94. The van der Waals surface area contributed by atoms with Gasteiger partial charge in [0.25, 0.3) is 0 Å². The van der Waals surface area contributed by atoms with Crippen molar-refractivity contribution in [2.75, 3.05) is 6.61 Å². The summed E-state index contributed by atoms with van der Waals surface area (Å²) < 4.78 is 18.9. The normalized spacial score (nSPS) is 21.0.